The molecule has 17 heavy (non-hydrogen) atoms. The van der Waals surface area contributed by atoms with E-state index in [4.69, 9.17) is 10.5 Å². The fourth-order valence-electron chi connectivity index (χ4n) is 1.35. The van der Waals surface area contributed by atoms with E-state index >= 15 is 0 Å². The molecule has 0 amide bonds. The second kappa shape index (κ2) is 6.77. The van der Waals surface area contributed by atoms with Crippen molar-refractivity contribution in [1.29, 1.82) is 0 Å². The number of hydrogen-bond acceptors (Lipinski definition) is 3. The number of rotatable bonds is 5. The summed E-state index contributed by atoms with van der Waals surface area (Å²) in [7, 11) is 0. The Morgan fingerprint density at radius 2 is 2.12 bits per heavy atom. The second-order valence-corrected chi connectivity index (χ2v) is 4.96. The summed E-state index contributed by atoms with van der Waals surface area (Å²) in [5.41, 5.74) is 6.73. The van der Waals surface area contributed by atoms with Crippen LogP contribution in [-0.2, 0) is 16.1 Å². The minimum atomic E-state index is -0.539. The molecule has 0 spiro atoms. The minimum Gasteiger partial charge on any atom is -0.460 e. The van der Waals surface area contributed by atoms with E-state index in [1.165, 1.54) is 0 Å². The summed E-state index contributed by atoms with van der Waals surface area (Å²) in [4.78, 5) is 11.7. The number of carbonyl (C=O) groups excluding carboxylic acids is 1. The molecule has 1 rings (SSSR count). The van der Waals surface area contributed by atoms with Crippen LogP contribution in [0.4, 0.5) is 0 Å². The average molecular weight is 300 g/mol. The molecule has 0 heterocycles. The van der Waals surface area contributed by atoms with Gasteiger partial charge in [0.05, 0.1) is 0 Å². The van der Waals surface area contributed by atoms with Crippen LogP contribution in [0.3, 0.4) is 0 Å². The first-order valence-corrected chi connectivity index (χ1v) is 6.51. The van der Waals surface area contributed by atoms with Crippen molar-refractivity contribution in [1.82, 2.24) is 0 Å². The third-order valence-electron chi connectivity index (χ3n) is 2.86. The van der Waals surface area contributed by atoms with E-state index < -0.39 is 6.04 Å². The molecule has 0 saturated heterocycles. The van der Waals surface area contributed by atoms with Gasteiger partial charge in [-0.15, -0.1) is 0 Å². The fraction of sp³-hybridized carbons (Fsp3) is 0.462. The van der Waals surface area contributed by atoms with Crippen LogP contribution in [0.1, 0.15) is 25.8 Å². The first-order valence-electron chi connectivity index (χ1n) is 5.71. The van der Waals surface area contributed by atoms with Gasteiger partial charge in [0.15, 0.2) is 0 Å². The van der Waals surface area contributed by atoms with Crippen molar-refractivity contribution in [3.63, 3.8) is 0 Å². The van der Waals surface area contributed by atoms with Crippen molar-refractivity contribution >= 4 is 21.9 Å². The van der Waals surface area contributed by atoms with E-state index in [1.54, 1.807) is 0 Å². The SMILES string of the molecule is CC[C@H](C)[C@H](N)C(=O)OCc1ccccc1Br. The Morgan fingerprint density at radius 3 is 2.71 bits per heavy atom. The molecular weight excluding hydrogens is 282 g/mol. The number of ether oxygens (including phenoxy) is 1. The van der Waals surface area contributed by atoms with Crippen LogP contribution in [0.15, 0.2) is 28.7 Å². The van der Waals surface area contributed by atoms with Crippen molar-refractivity contribution < 1.29 is 9.53 Å². The van der Waals surface area contributed by atoms with E-state index in [9.17, 15) is 4.79 Å². The highest BCUT2D eigenvalue weighted by atomic mass is 79.9. The maximum atomic E-state index is 11.7. The zero-order valence-electron chi connectivity index (χ0n) is 10.2. The maximum Gasteiger partial charge on any atom is 0.323 e. The number of nitrogens with two attached hydrogens (primary N) is 1. The molecule has 0 unspecified atom stereocenters. The van der Waals surface area contributed by atoms with Gasteiger partial charge in [0.2, 0.25) is 0 Å². The highest BCUT2D eigenvalue weighted by Crippen LogP contribution is 2.17. The Kier molecular flexibility index (Phi) is 5.65. The van der Waals surface area contributed by atoms with E-state index in [-0.39, 0.29) is 18.5 Å². The van der Waals surface area contributed by atoms with Gasteiger partial charge >= 0.3 is 5.97 Å². The largest absolute Gasteiger partial charge is 0.460 e. The molecule has 0 radical (unpaired) electrons. The van der Waals surface area contributed by atoms with Gasteiger partial charge in [-0.3, -0.25) is 4.79 Å². The summed E-state index contributed by atoms with van der Waals surface area (Å²) in [5, 5.41) is 0. The van der Waals surface area contributed by atoms with Gasteiger partial charge < -0.3 is 10.5 Å². The molecule has 3 nitrogen and oxygen atoms in total. The Morgan fingerprint density at radius 1 is 1.47 bits per heavy atom. The van der Waals surface area contributed by atoms with E-state index in [0.29, 0.717) is 0 Å². The van der Waals surface area contributed by atoms with Crippen LogP contribution in [0, 0.1) is 5.92 Å². The predicted octanol–water partition coefficient (Wildman–Crippen LogP) is 2.87. The normalized spacial score (nSPS) is 14.1. The molecule has 0 fully saturated rings. The van der Waals surface area contributed by atoms with E-state index in [0.717, 1.165) is 16.5 Å². The predicted molar refractivity (Wildman–Crippen MR) is 71.4 cm³/mol. The van der Waals surface area contributed by atoms with E-state index in [2.05, 4.69) is 15.9 Å². The lowest BCUT2D eigenvalue weighted by atomic mass is 10.0. The molecule has 94 valence electrons. The molecule has 4 heteroatoms. The molecule has 0 aliphatic carbocycles. The van der Waals surface area contributed by atoms with Gasteiger partial charge in [-0.1, -0.05) is 54.4 Å². The molecule has 2 N–H and O–H groups in total. The summed E-state index contributed by atoms with van der Waals surface area (Å²) in [5.74, 6) is -0.197. The standard InChI is InChI=1S/C13H18BrNO2/c1-3-9(2)12(15)13(16)17-8-10-6-4-5-7-11(10)14/h4-7,9,12H,3,8,15H2,1-2H3/t9-,12-/m0/s1. The van der Waals surface area contributed by atoms with Gasteiger partial charge in [0, 0.05) is 10.0 Å². The number of carbonyl (C=O) groups is 1. The third-order valence-corrected chi connectivity index (χ3v) is 3.63. The molecule has 0 aliphatic rings. The van der Waals surface area contributed by atoms with Gasteiger partial charge in [0.1, 0.15) is 12.6 Å². The Hall–Kier alpha value is -0.870. The minimum absolute atomic E-state index is 0.140. The Labute approximate surface area is 110 Å². The number of hydrogen-bond donors (Lipinski definition) is 1. The van der Waals surface area contributed by atoms with Crippen LogP contribution >= 0.6 is 15.9 Å². The highest BCUT2D eigenvalue weighted by molar-refractivity contribution is 9.10. The zero-order chi connectivity index (χ0) is 12.8. The topological polar surface area (TPSA) is 52.3 Å². The maximum absolute atomic E-state index is 11.7. The first-order chi connectivity index (χ1) is 8.06. The van der Waals surface area contributed by atoms with Crippen molar-refractivity contribution in [3.05, 3.63) is 34.3 Å². The lowest BCUT2D eigenvalue weighted by molar-refractivity contribution is -0.147. The zero-order valence-corrected chi connectivity index (χ0v) is 11.7. The molecule has 1 aromatic carbocycles. The molecule has 1 aromatic rings. The van der Waals surface area contributed by atoms with Gasteiger partial charge in [-0.05, 0) is 12.0 Å². The van der Waals surface area contributed by atoms with Gasteiger partial charge in [0.25, 0.3) is 0 Å². The second-order valence-electron chi connectivity index (χ2n) is 4.11. The van der Waals surface area contributed by atoms with Crippen molar-refractivity contribution in [2.75, 3.05) is 0 Å². The number of esters is 1. The van der Waals surface area contributed by atoms with E-state index in [1.807, 2.05) is 38.1 Å². The Balaban J connectivity index is 2.51. The van der Waals surface area contributed by atoms with Crippen LogP contribution in [0.25, 0.3) is 0 Å². The molecule has 0 saturated carbocycles. The molecular formula is C13H18BrNO2. The van der Waals surface area contributed by atoms with Gasteiger partial charge in [-0.2, -0.15) is 0 Å². The summed E-state index contributed by atoms with van der Waals surface area (Å²) in [6, 6.07) is 7.11. The molecule has 2 atom stereocenters. The van der Waals surface area contributed by atoms with Gasteiger partial charge in [-0.25, -0.2) is 0 Å². The lowest BCUT2D eigenvalue weighted by Gasteiger charge is -2.17. The van der Waals surface area contributed by atoms with Crippen molar-refractivity contribution in [2.24, 2.45) is 11.7 Å². The van der Waals surface area contributed by atoms with Crippen LogP contribution < -0.4 is 5.73 Å². The summed E-state index contributed by atoms with van der Waals surface area (Å²) >= 11 is 3.40. The smallest absolute Gasteiger partial charge is 0.323 e. The van der Waals surface area contributed by atoms with Crippen LogP contribution in [0.5, 0.6) is 0 Å². The summed E-state index contributed by atoms with van der Waals surface area (Å²) < 4.78 is 6.13. The summed E-state index contributed by atoms with van der Waals surface area (Å²) in [6.07, 6.45) is 0.866. The third kappa shape index (κ3) is 4.13. The fourth-order valence-corrected chi connectivity index (χ4v) is 1.75. The van der Waals surface area contributed by atoms with Crippen LogP contribution in [-0.4, -0.2) is 12.0 Å². The quantitative estimate of drug-likeness (QED) is 0.851. The highest BCUT2D eigenvalue weighted by Gasteiger charge is 2.20. The average Bonchev–Trinajstić information content (AvgIpc) is 2.35. The Bertz CT molecular complexity index is 381. The lowest BCUT2D eigenvalue weighted by Crippen LogP contribution is -2.37. The monoisotopic (exact) mass is 299 g/mol. The number of halogens is 1. The van der Waals surface area contributed by atoms with Crippen LogP contribution in [0.2, 0.25) is 0 Å². The number of benzene rings is 1. The molecule has 0 bridgehead atoms. The summed E-state index contributed by atoms with van der Waals surface area (Å²) in [6.45, 7) is 4.21. The molecule has 0 aliphatic heterocycles. The first kappa shape index (κ1) is 14.2. The molecule has 0 aromatic heterocycles. The van der Waals surface area contributed by atoms with Crippen molar-refractivity contribution in [2.45, 2.75) is 32.9 Å². The van der Waals surface area contributed by atoms with Crippen molar-refractivity contribution in [3.8, 4) is 0 Å².